The Morgan fingerprint density at radius 3 is 2.42 bits per heavy atom. The predicted octanol–water partition coefficient (Wildman–Crippen LogP) is 3.23. The third kappa shape index (κ3) is 4.35. The fourth-order valence-electron chi connectivity index (χ4n) is 3.97. The summed E-state index contributed by atoms with van der Waals surface area (Å²) in [7, 11) is 0. The number of Topliss-reactive ketones (excluding diaryl/α,β-unsaturated/α-hetero) is 1. The van der Waals surface area contributed by atoms with Gasteiger partial charge in [-0.1, -0.05) is 29.8 Å². The molecule has 0 unspecified atom stereocenters. The molecule has 0 bridgehead atoms. The van der Waals surface area contributed by atoms with Gasteiger partial charge in [-0.25, -0.2) is 4.39 Å². The zero-order valence-electron chi connectivity index (χ0n) is 16.8. The van der Waals surface area contributed by atoms with Gasteiger partial charge >= 0.3 is 0 Å². The lowest BCUT2D eigenvalue weighted by molar-refractivity contribution is -0.140. The van der Waals surface area contributed by atoms with Crippen LogP contribution in [0.1, 0.15) is 17.2 Å². The van der Waals surface area contributed by atoms with E-state index in [2.05, 4.69) is 4.90 Å². The molecule has 1 amide bonds. The van der Waals surface area contributed by atoms with Gasteiger partial charge in [0.15, 0.2) is 0 Å². The standard InChI is InChI=1S/C23H22ClFN2O4/c24-16-7-5-15(6-8-16)21(28)19-20(17-3-1-2-4-18(17)25)27(23(30)22(19)29)10-9-26-11-13-31-14-12-26/h1-8,20,28H,9-14H2/b21-19+/t20-/m1/s1. The number of halogens is 2. The molecule has 0 spiro atoms. The summed E-state index contributed by atoms with van der Waals surface area (Å²) in [6.07, 6.45) is 0. The molecule has 6 nitrogen and oxygen atoms in total. The Labute approximate surface area is 184 Å². The first-order chi connectivity index (χ1) is 15.0. The SMILES string of the molecule is O=C1C(=O)N(CCN2CCOCC2)[C@H](c2ccccc2F)/C1=C(\O)c1ccc(Cl)cc1. The van der Waals surface area contributed by atoms with Gasteiger partial charge < -0.3 is 14.7 Å². The molecule has 162 valence electrons. The number of aliphatic hydroxyl groups is 1. The topological polar surface area (TPSA) is 70.1 Å². The van der Waals surface area contributed by atoms with E-state index in [0.717, 1.165) is 13.1 Å². The second-order valence-electron chi connectivity index (χ2n) is 7.47. The van der Waals surface area contributed by atoms with Gasteiger partial charge in [-0.05, 0) is 30.3 Å². The van der Waals surface area contributed by atoms with Crippen LogP contribution in [-0.4, -0.2) is 66.0 Å². The lowest BCUT2D eigenvalue weighted by atomic mass is 9.95. The third-order valence-corrected chi connectivity index (χ3v) is 5.87. The summed E-state index contributed by atoms with van der Waals surface area (Å²) in [5, 5.41) is 11.4. The number of hydrogen-bond donors (Lipinski definition) is 1. The molecule has 1 N–H and O–H groups in total. The molecule has 2 saturated heterocycles. The molecular weight excluding hydrogens is 423 g/mol. The monoisotopic (exact) mass is 444 g/mol. The van der Waals surface area contributed by atoms with E-state index < -0.39 is 23.5 Å². The molecule has 31 heavy (non-hydrogen) atoms. The maximum Gasteiger partial charge on any atom is 0.295 e. The highest BCUT2D eigenvalue weighted by Gasteiger charge is 2.46. The molecule has 2 aliphatic rings. The van der Waals surface area contributed by atoms with Crippen molar-refractivity contribution in [2.45, 2.75) is 6.04 Å². The van der Waals surface area contributed by atoms with Gasteiger partial charge in [0, 0.05) is 42.3 Å². The Kier molecular flexibility index (Phi) is 6.36. The normalized spacial score (nSPS) is 21.6. The number of hydrogen-bond acceptors (Lipinski definition) is 5. The minimum atomic E-state index is -1.02. The third-order valence-electron chi connectivity index (χ3n) is 5.62. The van der Waals surface area contributed by atoms with Gasteiger partial charge in [0.1, 0.15) is 11.6 Å². The van der Waals surface area contributed by atoms with Gasteiger partial charge in [-0.3, -0.25) is 14.5 Å². The molecule has 0 aliphatic carbocycles. The van der Waals surface area contributed by atoms with Crippen LogP contribution in [0.15, 0.2) is 54.1 Å². The van der Waals surface area contributed by atoms with Crippen LogP contribution in [0.2, 0.25) is 5.02 Å². The second-order valence-corrected chi connectivity index (χ2v) is 7.91. The van der Waals surface area contributed by atoms with E-state index in [1.807, 2.05) is 0 Å². The Balaban J connectivity index is 1.75. The summed E-state index contributed by atoms with van der Waals surface area (Å²) in [4.78, 5) is 29.3. The number of carbonyl (C=O) groups excluding carboxylic acids is 2. The van der Waals surface area contributed by atoms with E-state index in [9.17, 15) is 19.1 Å². The van der Waals surface area contributed by atoms with Crippen molar-refractivity contribution in [3.63, 3.8) is 0 Å². The predicted molar refractivity (Wildman–Crippen MR) is 114 cm³/mol. The van der Waals surface area contributed by atoms with E-state index >= 15 is 0 Å². The Morgan fingerprint density at radius 2 is 1.74 bits per heavy atom. The number of nitrogens with zero attached hydrogens (tertiary/aromatic N) is 2. The Morgan fingerprint density at radius 1 is 1.06 bits per heavy atom. The van der Waals surface area contributed by atoms with Gasteiger partial charge in [0.2, 0.25) is 0 Å². The van der Waals surface area contributed by atoms with E-state index in [1.165, 1.54) is 23.1 Å². The summed E-state index contributed by atoms with van der Waals surface area (Å²) >= 11 is 5.92. The van der Waals surface area contributed by atoms with Gasteiger partial charge in [-0.15, -0.1) is 0 Å². The molecule has 1 atom stereocenters. The average Bonchev–Trinajstić information content (AvgIpc) is 3.03. The van der Waals surface area contributed by atoms with E-state index in [-0.39, 0.29) is 23.4 Å². The molecule has 0 radical (unpaired) electrons. The van der Waals surface area contributed by atoms with Crippen molar-refractivity contribution in [3.05, 3.63) is 76.1 Å². The van der Waals surface area contributed by atoms with Crippen molar-refractivity contribution >= 4 is 29.1 Å². The van der Waals surface area contributed by atoms with Crippen LogP contribution in [0, 0.1) is 5.82 Å². The molecule has 2 aromatic rings. The van der Waals surface area contributed by atoms with Crippen molar-refractivity contribution in [2.75, 3.05) is 39.4 Å². The molecule has 2 aliphatic heterocycles. The van der Waals surface area contributed by atoms with Crippen LogP contribution < -0.4 is 0 Å². The summed E-state index contributed by atoms with van der Waals surface area (Å²) in [6, 6.07) is 11.2. The quantitative estimate of drug-likeness (QED) is 0.435. The van der Waals surface area contributed by atoms with Gasteiger partial charge in [-0.2, -0.15) is 0 Å². The fraction of sp³-hybridized carbons (Fsp3) is 0.304. The first-order valence-corrected chi connectivity index (χ1v) is 10.4. The fourth-order valence-corrected chi connectivity index (χ4v) is 4.09. The van der Waals surface area contributed by atoms with Crippen molar-refractivity contribution in [3.8, 4) is 0 Å². The smallest absolute Gasteiger partial charge is 0.295 e. The van der Waals surface area contributed by atoms with Crippen LogP contribution in [0.5, 0.6) is 0 Å². The largest absolute Gasteiger partial charge is 0.507 e. The molecule has 8 heteroatoms. The van der Waals surface area contributed by atoms with Crippen LogP contribution in [0.3, 0.4) is 0 Å². The number of rotatable bonds is 5. The minimum absolute atomic E-state index is 0.126. The van der Waals surface area contributed by atoms with Crippen molar-refractivity contribution in [2.24, 2.45) is 0 Å². The molecule has 2 fully saturated rings. The van der Waals surface area contributed by atoms with Crippen LogP contribution in [0.4, 0.5) is 4.39 Å². The van der Waals surface area contributed by atoms with E-state index in [4.69, 9.17) is 16.3 Å². The summed E-state index contributed by atoms with van der Waals surface area (Å²) in [5.74, 6) is -2.48. The maximum atomic E-state index is 14.8. The van der Waals surface area contributed by atoms with Gasteiger partial charge in [0.05, 0.1) is 24.8 Å². The number of likely N-dealkylation sites (tertiary alicyclic amines) is 1. The molecule has 4 rings (SSSR count). The van der Waals surface area contributed by atoms with Crippen molar-refractivity contribution < 1.29 is 23.8 Å². The Hall–Kier alpha value is -2.74. The lowest BCUT2D eigenvalue weighted by Gasteiger charge is -2.31. The van der Waals surface area contributed by atoms with Crippen LogP contribution in [-0.2, 0) is 14.3 Å². The molecule has 2 aromatic carbocycles. The summed E-state index contributed by atoms with van der Waals surface area (Å²) in [5.41, 5.74) is 0.371. The average molecular weight is 445 g/mol. The second kappa shape index (κ2) is 9.18. The molecule has 0 saturated carbocycles. The first kappa shape index (κ1) is 21.5. The van der Waals surface area contributed by atoms with Crippen LogP contribution >= 0.6 is 11.6 Å². The number of aliphatic hydroxyl groups excluding tert-OH is 1. The molecular formula is C23H22ClFN2O4. The lowest BCUT2D eigenvalue weighted by Crippen LogP contribution is -2.42. The van der Waals surface area contributed by atoms with E-state index in [0.29, 0.717) is 30.3 Å². The summed E-state index contributed by atoms with van der Waals surface area (Å²) < 4.78 is 20.1. The minimum Gasteiger partial charge on any atom is -0.507 e. The zero-order valence-corrected chi connectivity index (χ0v) is 17.5. The number of amides is 1. The highest BCUT2D eigenvalue weighted by Crippen LogP contribution is 2.40. The number of carbonyl (C=O) groups is 2. The highest BCUT2D eigenvalue weighted by molar-refractivity contribution is 6.46. The summed E-state index contributed by atoms with van der Waals surface area (Å²) in [6.45, 7) is 3.39. The molecule has 2 heterocycles. The van der Waals surface area contributed by atoms with Crippen molar-refractivity contribution in [1.29, 1.82) is 0 Å². The molecule has 0 aromatic heterocycles. The highest BCUT2D eigenvalue weighted by atomic mass is 35.5. The van der Waals surface area contributed by atoms with Crippen LogP contribution in [0.25, 0.3) is 5.76 Å². The maximum absolute atomic E-state index is 14.8. The van der Waals surface area contributed by atoms with E-state index in [1.54, 1.807) is 30.3 Å². The number of ether oxygens (including phenoxy) is 1. The van der Waals surface area contributed by atoms with Crippen molar-refractivity contribution in [1.82, 2.24) is 9.80 Å². The zero-order chi connectivity index (χ0) is 22.0. The number of ketones is 1. The number of morpholine rings is 1. The Bertz CT molecular complexity index is 1020. The first-order valence-electron chi connectivity index (χ1n) is 10.1. The van der Waals surface area contributed by atoms with Gasteiger partial charge in [0.25, 0.3) is 11.7 Å². The number of benzene rings is 2.